The Labute approximate surface area is 721 Å². The summed E-state index contributed by atoms with van der Waals surface area (Å²) in [5.41, 5.74) is 13.2. The highest BCUT2D eigenvalue weighted by atomic mass is 19.1. The number of imidazole rings is 4. The van der Waals surface area contributed by atoms with E-state index in [2.05, 4.69) is 151 Å². The molecule has 2 saturated heterocycles. The highest BCUT2D eigenvalue weighted by Crippen LogP contribution is 2.36. The van der Waals surface area contributed by atoms with Gasteiger partial charge in [0.05, 0.1) is 71.3 Å². The van der Waals surface area contributed by atoms with E-state index < -0.39 is 0 Å². The molecule has 126 heavy (non-hydrogen) atoms. The number of halogens is 2. The van der Waals surface area contributed by atoms with Crippen LogP contribution < -0.4 is 43.5 Å². The molecule has 12 aromatic heterocycles. The number of rotatable bonds is 18. The number of H-pyrrole nitrogens is 4. The van der Waals surface area contributed by atoms with Crippen LogP contribution in [0.4, 0.5) is 32.1 Å². The van der Waals surface area contributed by atoms with Crippen LogP contribution >= 0.6 is 0 Å². The van der Waals surface area contributed by atoms with Crippen molar-refractivity contribution in [2.24, 2.45) is 0 Å². The first-order chi connectivity index (χ1) is 61.2. The summed E-state index contributed by atoms with van der Waals surface area (Å²) in [7, 11) is 4.27. The van der Waals surface area contributed by atoms with Crippen molar-refractivity contribution < 1.29 is 8.78 Å². The minimum absolute atomic E-state index is 0.0840. The molecule has 18 aromatic rings. The zero-order valence-electron chi connectivity index (χ0n) is 71.4. The maximum Gasteiger partial charge on any atom is 0.263 e. The predicted molar refractivity (Wildman–Crippen MR) is 490 cm³/mol. The molecule has 0 aliphatic carbocycles. The van der Waals surface area contributed by atoms with Crippen LogP contribution in [-0.4, -0.2) is 148 Å². The van der Waals surface area contributed by atoms with Gasteiger partial charge in [-0.3, -0.25) is 28.3 Å². The third kappa shape index (κ3) is 16.8. The molecule has 4 unspecified atom stereocenters. The molecular weight excluding hydrogens is 1600 g/mol. The molecule has 20 rings (SSSR count). The Balaban J connectivity index is 0.000000119. The predicted octanol–water partition coefficient (Wildman–Crippen LogP) is 16.2. The molecule has 4 atom stereocenters. The Morgan fingerprint density at radius 2 is 0.746 bits per heavy atom. The SMILES string of the molecule is CC(Nc1ncnc2nc[nH]c12)c1cc2ccccc2c(=O)n1C1CCN(C)CC1.CCC(Nc1ncnc2nc[nH]c12)c1cc2cccc(C)c2c(=O)n1-c1cc(C)cc(F)c1.CCC(Nc1ncnc2nc[nH]c12)c1cc2cccc(C)c2c(=O)n1-c1ccc(F)cc1.Cc1cccc2cc(C(C)Nc3ncnc4nc[nH]c34)n(C3CCN(C)CC3)c(=O)c12. The summed E-state index contributed by atoms with van der Waals surface area (Å²) in [5.74, 6) is 1.81. The van der Waals surface area contributed by atoms with E-state index in [1.165, 1.54) is 49.6 Å². The number of hydrogen-bond acceptors (Lipinski definition) is 22. The quantitative estimate of drug-likeness (QED) is 0.0395. The Kier molecular flexibility index (Phi) is 23.9. The van der Waals surface area contributed by atoms with Gasteiger partial charge >= 0.3 is 0 Å². The van der Waals surface area contributed by atoms with Gasteiger partial charge in [0.2, 0.25) is 0 Å². The number of likely N-dealkylation sites (tertiary alicyclic amines) is 2. The van der Waals surface area contributed by atoms with Crippen molar-refractivity contribution in [2.75, 3.05) is 61.5 Å². The van der Waals surface area contributed by atoms with E-state index in [1.54, 1.807) is 46.6 Å². The summed E-state index contributed by atoms with van der Waals surface area (Å²) >= 11 is 0. The van der Waals surface area contributed by atoms with Gasteiger partial charge in [-0.15, -0.1) is 0 Å². The highest BCUT2D eigenvalue weighted by molar-refractivity contribution is 5.90. The number of nitrogens with zero attached hydrogens (tertiary/aromatic N) is 18. The van der Waals surface area contributed by atoms with Crippen LogP contribution in [0.3, 0.4) is 0 Å². The second-order valence-electron chi connectivity index (χ2n) is 32.4. The number of pyridine rings is 4. The van der Waals surface area contributed by atoms with Crippen LogP contribution in [-0.2, 0) is 0 Å². The van der Waals surface area contributed by atoms with Gasteiger partial charge in [0.25, 0.3) is 22.2 Å². The van der Waals surface area contributed by atoms with Crippen molar-refractivity contribution in [3.05, 3.63) is 294 Å². The molecule has 0 spiro atoms. The standard InChI is InChI=1S/C25H23FN6O.C24H21FN6O.C23H27N7O.C22H25N7O/c1-4-19(31-24-22-23(28-12-27-22)29-13-30-24)20-10-16-7-5-6-15(3)21(16)25(33)32(20)18-9-14(2)8-17(26)11-18;1-3-18(30-23-21-22(27-12-26-21)28-13-29-23)19-11-15-6-4-5-14(2)20(15)24(32)31(19)17-9-7-16(25)8-10-17;1-14-5-4-6-16-11-18(15(2)28-22-20-21(25-12-24-20)26-13-27-22)30(23(31)19(14)16)17-7-9-29(3)10-8-17;1-14(27-21-19-20(24-12-23-19)25-13-26-21)18-11-15-5-3-4-6-17(15)22(30)29(18)16-7-9-28(2)10-8-16/h5-13,19H,4H2,1-3H3,(H2,27,28,29,30,31);4-13,18H,3H2,1-2H3,(H2,26,27,28,29,30);4-6,11-13,15,17H,7-10H2,1-3H3,(H2,24,25,26,27,28);3-6,11-14,16H,7-10H2,1-2H3,(H2,23,24,25,26,27). The molecule has 14 heterocycles. The van der Waals surface area contributed by atoms with Crippen LogP contribution in [0.15, 0.2) is 215 Å². The van der Waals surface area contributed by atoms with Crippen molar-refractivity contribution in [3.63, 3.8) is 0 Å². The van der Waals surface area contributed by atoms with E-state index in [-0.39, 0.29) is 70.1 Å². The summed E-state index contributed by atoms with van der Waals surface area (Å²) in [4.78, 5) is 123. The lowest BCUT2D eigenvalue weighted by Crippen LogP contribution is -2.37. The number of anilines is 4. The first kappa shape index (κ1) is 83.6. The fraction of sp³-hybridized carbons (Fsp3) is 0.277. The van der Waals surface area contributed by atoms with Crippen molar-refractivity contribution in [1.82, 2.24) is 108 Å². The third-order valence-corrected chi connectivity index (χ3v) is 24.0. The number of aromatic nitrogens is 20. The zero-order chi connectivity index (χ0) is 87.6. The van der Waals surface area contributed by atoms with Crippen LogP contribution in [0.1, 0.15) is 148 Å². The molecule has 6 aromatic carbocycles. The molecule has 0 amide bonds. The molecule has 8 N–H and O–H groups in total. The number of fused-ring (bicyclic) bond motifs is 8. The van der Waals surface area contributed by atoms with E-state index in [0.717, 1.165) is 140 Å². The molecule has 640 valence electrons. The second kappa shape index (κ2) is 36.0. The van der Waals surface area contributed by atoms with Crippen LogP contribution in [0.5, 0.6) is 0 Å². The van der Waals surface area contributed by atoms with Crippen LogP contribution in [0.2, 0.25) is 0 Å². The largest absolute Gasteiger partial charge is 0.360 e. The molecule has 2 aliphatic heterocycles. The number of aromatic amines is 4. The molecule has 2 aliphatic rings. The first-order valence-electron chi connectivity index (χ1n) is 42.3. The van der Waals surface area contributed by atoms with Gasteiger partial charge in [-0.1, -0.05) is 86.6 Å². The monoisotopic (exact) mass is 1690 g/mol. The van der Waals surface area contributed by atoms with Crippen molar-refractivity contribution in [1.29, 1.82) is 0 Å². The van der Waals surface area contributed by atoms with E-state index in [0.29, 0.717) is 91.9 Å². The van der Waals surface area contributed by atoms with Crippen molar-refractivity contribution >= 4 is 111 Å². The topological polar surface area (TPSA) is 360 Å². The number of hydrogen-bond donors (Lipinski definition) is 8. The van der Waals surface area contributed by atoms with Gasteiger partial charge in [0.1, 0.15) is 59.0 Å². The van der Waals surface area contributed by atoms with Crippen molar-refractivity contribution in [2.45, 2.75) is 130 Å². The molecule has 2 fully saturated rings. The minimum Gasteiger partial charge on any atom is -0.360 e. The van der Waals surface area contributed by atoms with Gasteiger partial charge in [-0.2, -0.15) is 0 Å². The molecule has 0 saturated carbocycles. The summed E-state index contributed by atoms with van der Waals surface area (Å²) in [6, 6.07) is 44.0. The molecular formula is C94H96F2N26O4. The van der Waals surface area contributed by atoms with Gasteiger partial charge in [0.15, 0.2) is 45.9 Å². The minimum atomic E-state index is -0.385. The lowest BCUT2D eigenvalue weighted by molar-refractivity contribution is 0.216. The van der Waals surface area contributed by atoms with Crippen LogP contribution in [0, 0.1) is 39.3 Å². The summed E-state index contributed by atoms with van der Waals surface area (Å²) in [6.45, 7) is 19.8. The Hall–Kier alpha value is -14.7. The first-order valence-corrected chi connectivity index (χ1v) is 42.3. The number of aryl methyl sites for hydroxylation is 4. The molecule has 0 radical (unpaired) electrons. The molecule has 32 heteroatoms. The molecule has 30 nitrogen and oxygen atoms in total. The fourth-order valence-corrected chi connectivity index (χ4v) is 17.5. The lowest BCUT2D eigenvalue weighted by Gasteiger charge is -2.33. The smallest absolute Gasteiger partial charge is 0.263 e. The maximum atomic E-state index is 14.4. The van der Waals surface area contributed by atoms with Gasteiger partial charge in [0, 0.05) is 45.9 Å². The lowest BCUT2D eigenvalue weighted by atomic mass is 10.00. The third-order valence-electron chi connectivity index (χ3n) is 24.0. The highest BCUT2D eigenvalue weighted by Gasteiger charge is 2.30. The van der Waals surface area contributed by atoms with E-state index in [4.69, 9.17) is 0 Å². The summed E-state index contributed by atoms with van der Waals surface area (Å²) in [6.07, 6.45) is 17.5. The zero-order valence-corrected chi connectivity index (χ0v) is 71.4. The average molecular weight is 1690 g/mol. The fourth-order valence-electron chi connectivity index (χ4n) is 17.5. The number of nitrogens with one attached hydrogen (secondary N) is 8. The van der Waals surface area contributed by atoms with Crippen LogP contribution in [0.25, 0.3) is 99.1 Å². The Morgan fingerprint density at radius 1 is 0.381 bits per heavy atom. The maximum absolute atomic E-state index is 14.4. The normalized spacial score (nSPS) is 14.5. The van der Waals surface area contributed by atoms with E-state index in [1.807, 2.05) is 148 Å². The molecule has 0 bridgehead atoms. The Morgan fingerprint density at radius 3 is 1.16 bits per heavy atom. The summed E-state index contributed by atoms with van der Waals surface area (Å²) in [5, 5.41) is 20.3. The number of piperidine rings is 2. The summed E-state index contributed by atoms with van der Waals surface area (Å²) < 4.78 is 35.3. The second-order valence-corrected chi connectivity index (χ2v) is 32.4. The van der Waals surface area contributed by atoms with Crippen molar-refractivity contribution in [3.8, 4) is 11.4 Å². The number of benzene rings is 6. The van der Waals surface area contributed by atoms with E-state index in [9.17, 15) is 28.0 Å². The average Bonchev–Trinajstić information content (AvgIpc) is 0.852. The van der Waals surface area contributed by atoms with Gasteiger partial charge in [-0.05, 0) is 237 Å². The van der Waals surface area contributed by atoms with E-state index >= 15 is 0 Å². The Bertz CT molecular complexity index is 7300. The van der Waals surface area contributed by atoms with Gasteiger partial charge in [-0.25, -0.2) is 68.6 Å². The van der Waals surface area contributed by atoms with Gasteiger partial charge < -0.3 is 60.1 Å².